The monoisotopic (exact) mass is 331 g/mol. The van der Waals surface area contributed by atoms with E-state index >= 15 is 0 Å². The third-order valence-corrected chi connectivity index (χ3v) is 5.17. The number of hydrogen-bond acceptors (Lipinski definition) is 4. The molecule has 6 heteroatoms. The van der Waals surface area contributed by atoms with Crippen molar-refractivity contribution in [1.82, 2.24) is 5.32 Å². The molecule has 0 aliphatic carbocycles. The Morgan fingerprint density at radius 3 is 2.54 bits per heavy atom. The van der Waals surface area contributed by atoms with Crippen LogP contribution >= 0.6 is 0 Å². The Labute approximate surface area is 142 Å². The van der Waals surface area contributed by atoms with Crippen LogP contribution in [0.1, 0.15) is 29.2 Å². The topological polar surface area (TPSA) is 61.9 Å². The lowest BCUT2D eigenvalue weighted by atomic mass is 9.94. The van der Waals surface area contributed by atoms with E-state index in [0.29, 0.717) is 13.1 Å². The Morgan fingerprint density at radius 2 is 1.88 bits per heavy atom. The van der Waals surface area contributed by atoms with Crippen molar-refractivity contribution in [3.05, 3.63) is 22.3 Å². The van der Waals surface area contributed by atoms with Gasteiger partial charge in [-0.3, -0.25) is 9.69 Å². The Bertz CT molecular complexity index is 714. The maximum atomic E-state index is 12.4. The van der Waals surface area contributed by atoms with Gasteiger partial charge in [-0.05, 0) is 49.4 Å². The summed E-state index contributed by atoms with van der Waals surface area (Å²) in [6.07, 6.45) is 0.364. The molecule has 1 fully saturated rings. The summed E-state index contributed by atoms with van der Waals surface area (Å²) in [6.45, 7) is 9.57. The highest BCUT2D eigenvalue weighted by Crippen LogP contribution is 2.42. The van der Waals surface area contributed by atoms with Crippen molar-refractivity contribution in [1.29, 1.82) is 0 Å². The van der Waals surface area contributed by atoms with Gasteiger partial charge in [0.25, 0.3) is 0 Å². The van der Waals surface area contributed by atoms with Gasteiger partial charge in [-0.25, -0.2) is 4.79 Å². The number of carbonyl (C=O) groups is 2. The van der Waals surface area contributed by atoms with Crippen LogP contribution in [0.3, 0.4) is 0 Å². The van der Waals surface area contributed by atoms with Gasteiger partial charge in [0.2, 0.25) is 5.91 Å². The van der Waals surface area contributed by atoms with E-state index in [1.54, 1.807) is 4.90 Å². The second-order valence-electron chi connectivity index (χ2n) is 6.78. The van der Waals surface area contributed by atoms with Gasteiger partial charge >= 0.3 is 6.09 Å². The smallest absolute Gasteiger partial charge is 0.414 e. The Kier molecular flexibility index (Phi) is 4.15. The van der Waals surface area contributed by atoms with Gasteiger partial charge in [0.05, 0.1) is 18.8 Å². The fourth-order valence-electron chi connectivity index (χ4n) is 3.87. The number of hydrogen-bond donors (Lipinski definition) is 1. The van der Waals surface area contributed by atoms with Gasteiger partial charge in [0, 0.05) is 26.2 Å². The molecule has 1 aromatic rings. The van der Waals surface area contributed by atoms with Gasteiger partial charge in [0.15, 0.2) is 0 Å². The number of ether oxygens (including phenoxy) is 1. The van der Waals surface area contributed by atoms with Gasteiger partial charge in [0.1, 0.15) is 6.10 Å². The zero-order valence-corrected chi connectivity index (χ0v) is 15.0. The molecule has 0 aromatic heterocycles. The first kappa shape index (κ1) is 16.6. The zero-order valence-electron chi connectivity index (χ0n) is 15.0. The summed E-state index contributed by atoms with van der Waals surface area (Å²) in [7, 11) is 2.12. The number of nitrogens with zero attached hydrogens (tertiary/aromatic N) is 2. The van der Waals surface area contributed by atoms with E-state index in [9.17, 15) is 9.59 Å². The lowest BCUT2D eigenvalue weighted by Crippen LogP contribution is -2.33. The SMILES string of the molecule is CC(=O)NCC1CN(c2c(C)c(C)c3c(c2C)CCN3C)C(=O)O1. The van der Waals surface area contributed by atoms with Gasteiger partial charge in [-0.2, -0.15) is 0 Å². The Morgan fingerprint density at radius 1 is 1.21 bits per heavy atom. The molecule has 2 amide bonds. The highest BCUT2D eigenvalue weighted by atomic mass is 16.6. The second kappa shape index (κ2) is 6.00. The number of amides is 2. The van der Waals surface area contributed by atoms with Crippen molar-refractivity contribution < 1.29 is 14.3 Å². The van der Waals surface area contributed by atoms with Crippen LogP contribution < -0.4 is 15.1 Å². The Hall–Kier alpha value is -2.24. The molecule has 24 heavy (non-hydrogen) atoms. The first-order valence-electron chi connectivity index (χ1n) is 8.37. The fraction of sp³-hybridized carbons (Fsp3) is 0.556. The molecule has 130 valence electrons. The fourth-order valence-corrected chi connectivity index (χ4v) is 3.87. The highest BCUT2D eigenvalue weighted by molar-refractivity contribution is 5.94. The molecule has 6 nitrogen and oxygen atoms in total. The number of nitrogens with one attached hydrogen (secondary N) is 1. The molecule has 1 aromatic carbocycles. The van der Waals surface area contributed by atoms with Gasteiger partial charge in [-0.1, -0.05) is 0 Å². The van der Waals surface area contributed by atoms with Crippen molar-refractivity contribution in [3.63, 3.8) is 0 Å². The minimum absolute atomic E-state index is 0.117. The standard InChI is InChI=1S/C18H25N3O3/c1-10-11(2)17-15(6-7-20(17)5)12(3)16(10)21-9-14(24-18(21)23)8-19-13(4)22/h14H,6-9H2,1-5H3,(H,19,22). The van der Waals surface area contributed by atoms with Crippen LogP contribution in [-0.4, -0.2) is 44.8 Å². The summed E-state index contributed by atoms with van der Waals surface area (Å²) in [5.41, 5.74) is 7.11. The minimum atomic E-state index is -0.331. The third-order valence-electron chi connectivity index (χ3n) is 5.17. The normalized spacial score (nSPS) is 19.5. The molecule has 2 aliphatic heterocycles. The molecule has 1 unspecified atom stereocenters. The van der Waals surface area contributed by atoms with E-state index < -0.39 is 0 Å². The number of carbonyl (C=O) groups excluding carboxylic acids is 2. The van der Waals surface area contributed by atoms with Crippen molar-refractivity contribution in [3.8, 4) is 0 Å². The van der Waals surface area contributed by atoms with Crippen molar-refractivity contribution in [2.75, 3.05) is 36.5 Å². The Balaban J connectivity index is 1.94. The van der Waals surface area contributed by atoms with Crippen LogP contribution in [-0.2, 0) is 16.0 Å². The summed E-state index contributed by atoms with van der Waals surface area (Å²) < 4.78 is 5.43. The summed E-state index contributed by atoms with van der Waals surface area (Å²) in [5, 5.41) is 2.72. The van der Waals surface area contributed by atoms with Crippen molar-refractivity contribution in [2.45, 2.75) is 40.2 Å². The van der Waals surface area contributed by atoms with Crippen molar-refractivity contribution in [2.24, 2.45) is 0 Å². The van der Waals surface area contributed by atoms with Crippen LogP contribution in [0.25, 0.3) is 0 Å². The third kappa shape index (κ3) is 2.60. The molecular formula is C18H25N3O3. The van der Waals surface area contributed by atoms with E-state index in [0.717, 1.165) is 29.8 Å². The van der Waals surface area contributed by atoms with Crippen LogP contribution in [0.4, 0.5) is 16.2 Å². The first-order chi connectivity index (χ1) is 11.3. The first-order valence-corrected chi connectivity index (χ1v) is 8.37. The van der Waals surface area contributed by atoms with Crippen LogP contribution in [0.5, 0.6) is 0 Å². The molecule has 0 bridgehead atoms. The minimum Gasteiger partial charge on any atom is -0.442 e. The zero-order chi connectivity index (χ0) is 17.6. The van der Waals surface area contributed by atoms with Gasteiger partial charge < -0.3 is 15.0 Å². The number of anilines is 2. The molecule has 0 radical (unpaired) electrons. The number of likely N-dealkylation sites (N-methyl/N-ethyl adjacent to an activating group) is 1. The molecule has 2 aliphatic rings. The highest BCUT2D eigenvalue weighted by Gasteiger charge is 2.36. The van der Waals surface area contributed by atoms with E-state index in [-0.39, 0.29) is 18.1 Å². The van der Waals surface area contributed by atoms with Crippen molar-refractivity contribution >= 4 is 23.4 Å². The predicted molar refractivity (Wildman–Crippen MR) is 93.9 cm³/mol. The maximum Gasteiger partial charge on any atom is 0.414 e. The summed E-state index contributed by atoms with van der Waals surface area (Å²) >= 11 is 0. The van der Waals surface area contributed by atoms with E-state index in [1.807, 2.05) is 0 Å². The predicted octanol–water partition coefficient (Wildman–Crippen LogP) is 2.07. The summed E-state index contributed by atoms with van der Waals surface area (Å²) in [4.78, 5) is 27.5. The maximum absolute atomic E-state index is 12.4. The number of rotatable bonds is 3. The lowest BCUT2D eigenvalue weighted by Gasteiger charge is -2.25. The summed E-state index contributed by atoms with van der Waals surface area (Å²) in [5.74, 6) is -0.117. The molecule has 1 atom stereocenters. The molecule has 0 spiro atoms. The lowest BCUT2D eigenvalue weighted by molar-refractivity contribution is -0.119. The molecule has 0 saturated carbocycles. The quantitative estimate of drug-likeness (QED) is 0.921. The van der Waals surface area contributed by atoms with Crippen LogP contribution in [0, 0.1) is 20.8 Å². The molecule has 1 N–H and O–H groups in total. The number of cyclic esters (lactones) is 1. The molecule has 1 saturated heterocycles. The molecule has 2 heterocycles. The molecular weight excluding hydrogens is 306 g/mol. The number of benzene rings is 1. The van der Waals surface area contributed by atoms with Crippen LogP contribution in [0.2, 0.25) is 0 Å². The van der Waals surface area contributed by atoms with Crippen LogP contribution in [0.15, 0.2) is 0 Å². The number of fused-ring (bicyclic) bond motifs is 1. The average molecular weight is 331 g/mol. The molecule has 3 rings (SSSR count). The van der Waals surface area contributed by atoms with E-state index in [1.165, 1.54) is 23.7 Å². The van der Waals surface area contributed by atoms with E-state index in [2.05, 4.69) is 38.0 Å². The largest absolute Gasteiger partial charge is 0.442 e. The second-order valence-corrected chi connectivity index (χ2v) is 6.78. The summed E-state index contributed by atoms with van der Waals surface area (Å²) in [6, 6.07) is 0. The van der Waals surface area contributed by atoms with E-state index in [4.69, 9.17) is 4.74 Å². The van der Waals surface area contributed by atoms with Gasteiger partial charge in [-0.15, -0.1) is 0 Å². The average Bonchev–Trinajstić information content (AvgIpc) is 3.07.